The molecule has 172 valence electrons. The van der Waals surface area contributed by atoms with Crippen LogP contribution < -0.4 is 9.47 Å². The summed E-state index contributed by atoms with van der Waals surface area (Å²) >= 11 is 0. The summed E-state index contributed by atoms with van der Waals surface area (Å²) in [5, 5.41) is 0. The molecule has 1 saturated heterocycles. The van der Waals surface area contributed by atoms with E-state index in [9.17, 15) is 9.59 Å². The fraction of sp³-hybridized carbons (Fsp3) is 0.462. The minimum atomic E-state index is 0.136. The zero-order valence-corrected chi connectivity index (χ0v) is 19.2. The van der Waals surface area contributed by atoms with Gasteiger partial charge in [0.25, 0.3) is 0 Å². The highest BCUT2D eigenvalue weighted by Gasteiger charge is 2.23. The van der Waals surface area contributed by atoms with E-state index in [0.29, 0.717) is 65.1 Å². The molecule has 0 spiro atoms. The van der Waals surface area contributed by atoms with Crippen LogP contribution in [0.2, 0.25) is 0 Å². The molecule has 1 fully saturated rings. The molecule has 0 aliphatic carbocycles. The number of aryl methyl sites for hydroxylation is 2. The first-order valence-electron chi connectivity index (χ1n) is 11.5. The van der Waals surface area contributed by atoms with Crippen molar-refractivity contribution in [2.75, 3.05) is 39.4 Å². The van der Waals surface area contributed by atoms with Gasteiger partial charge >= 0.3 is 0 Å². The van der Waals surface area contributed by atoms with Crippen LogP contribution in [0.25, 0.3) is 0 Å². The summed E-state index contributed by atoms with van der Waals surface area (Å²) in [5.41, 5.74) is 2.20. The average Bonchev–Trinajstić information content (AvgIpc) is 2.81. The summed E-state index contributed by atoms with van der Waals surface area (Å²) in [6.07, 6.45) is 2.31. The number of rotatable bonds is 10. The van der Waals surface area contributed by atoms with Crippen molar-refractivity contribution in [3.8, 4) is 11.5 Å². The Morgan fingerprint density at radius 1 is 0.688 bits per heavy atom. The van der Waals surface area contributed by atoms with E-state index in [0.717, 1.165) is 22.6 Å². The summed E-state index contributed by atoms with van der Waals surface area (Å²) in [7, 11) is 0. The second-order valence-corrected chi connectivity index (χ2v) is 8.20. The lowest BCUT2D eigenvalue weighted by Crippen LogP contribution is -2.50. The number of carbonyl (C=O) groups is 2. The molecule has 0 atom stereocenters. The number of piperazine rings is 1. The summed E-state index contributed by atoms with van der Waals surface area (Å²) in [6, 6.07) is 15.8. The lowest BCUT2D eigenvalue weighted by molar-refractivity contribution is -0.139. The molecule has 0 N–H and O–H groups in total. The largest absolute Gasteiger partial charge is 0.493 e. The first-order chi connectivity index (χ1) is 15.5. The van der Waals surface area contributed by atoms with Crippen LogP contribution in [-0.2, 0) is 9.59 Å². The van der Waals surface area contributed by atoms with E-state index in [4.69, 9.17) is 9.47 Å². The van der Waals surface area contributed by atoms with Crippen LogP contribution >= 0.6 is 0 Å². The molecule has 3 rings (SSSR count). The van der Waals surface area contributed by atoms with Gasteiger partial charge in [-0.25, -0.2) is 0 Å². The van der Waals surface area contributed by atoms with Crippen LogP contribution in [0, 0.1) is 13.8 Å². The molecule has 1 aliphatic heterocycles. The van der Waals surface area contributed by atoms with E-state index in [-0.39, 0.29) is 11.8 Å². The molecule has 32 heavy (non-hydrogen) atoms. The van der Waals surface area contributed by atoms with Crippen molar-refractivity contribution in [2.45, 2.75) is 39.5 Å². The van der Waals surface area contributed by atoms with Gasteiger partial charge in [0.15, 0.2) is 0 Å². The Hall–Kier alpha value is -3.02. The number of hydrogen-bond donors (Lipinski definition) is 0. The zero-order chi connectivity index (χ0) is 22.8. The van der Waals surface area contributed by atoms with Crippen molar-refractivity contribution in [1.82, 2.24) is 9.80 Å². The Labute approximate surface area is 191 Å². The van der Waals surface area contributed by atoms with Gasteiger partial charge < -0.3 is 19.3 Å². The normalized spacial score (nSPS) is 13.7. The highest BCUT2D eigenvalue weighted by atomic mass is 16.5. The second kappa shape index (κ2) is 12.1. The van der Waals surface area contributed by atoms with Gasteiger partial charge in [-0.15, -0.1) is 0 Å². The van der Waals surface area contributed by atoms with Crippen molar-refractivity contribution >= 4 is 11.8 Å². The van der Waals surface area contributed by atoms with Crippen LogP contribution in [0.4, 0.5) is 0 Å². The SMILES string of the molecule is Cc1ccccc1OCCCC(=O)N1CCN(C(=O)CCCOc2ccccc2C)CC1. The average molecular weight is 439 g/mol. The van der Waals surface area contributed by atoms with E-state index in [1.54, 1.807) is 0 Å². The Morgan fingerprint density at radius 3 is 1.44 bits per heavy atom. The molecule has 0 bridgehead atoms. The molecular weight excluding hydrogens is 404 g/mol. The van der Waals surface area contributed by atoms with Gasteiger partial charge in [0, 0.05) is 39.0 Å². The third-order valence-electron chi connectivity index (χ3n) is 5.76. The molecule has 6 heteroatoms. The smallest absolute Gasteiger partial charge is 0.222 e. The Bertz CT molecular complexity index is 817. The summed E-state index contributed by atoms with van der Waals surface area (Å²) in [5.74, 6) is 2.02. The van der Waals surface area contributed by atoms with Gasteiger partial charge in [-0.05, 0) is 49.9 Å². The predicted molar refractivity (Wildman–Crippen MR) is 125 cm³/mol. The molecule has 1 heterocycles. The Morgan fingerprint density at radius 2 is 1.06 bits per heavy atom. The van der Waals surface area contributed by atoms with E-state index < -0.39 is 0 Å². The summed E-state index contributed by atoms with van der Waals surface area (Å²) in [4.78, 5) is 28.7. The number of para-hydroxylation sites is 2. The maximum Gasteiger partial charge on any atom is 0.222 e. The van der Waals surface area contributed by atoms with Crippen LogP contribution in [0.5, 0.6) is 11.5 Å². The second-order valence-electron chi connectivity index (χ2n) is 8.20. The highest BCUT2D eigenvalue weighted by molar-refractivity contribution is 5.78. The third kappa shape index (κ3) is 7.01. The standard InChI is InChI=1S/C26H34N2O4/c1-21-9-3-5-11-23(21)31-19-7-13-25(29)27-15-17-28(18-16-27)26(30)14-8-20-32-24-12-6-4-10-22(24)2/h3-6,9-12H,7-8,13-20H2,1-2H3. The molecule has 2 aromatic carbocycles. The third-order valence-corrected chi connectivity index (χ3v) is 5.76. The van der Waals surface area contributed by atoms with E-state index >= 15 is 0 Å². The molecule has 2 amide bonds. The number of nitrogens with zero attached hydrogens (tertiary/aromatic N) is 2. The molecule has 2 aromatic rings. The van der Waals surface area contributed by atoms with Crippen molar-refractivity contribution in [2.24, 2.45) is 0 Å². The van der Waals surface area contributed by atoms with Crippen molar-refractivity contribution in [3.63, 3.8) is 0 Å². The maximum absolute atomic E-state index is 12.5. The highest BCUT2D eigenvalue weighted by Crippen LogP contribution is 2.18. The number of hydrogen-bond acceptors (Lipinski definition) is 4. The van der Waals surface area contributed by atoms with Crippen LogP contribution in [0.3, 0.4) is 0 Å². The van der Waals surface area contributed by atoms with Crippen molar-refractivity contribution < 1.29 is 19.1 Å². The zero-order valence-electron chi connectivity index (χ0n) is 19.2. The minimum Gasteiger partial charge on any atom is -0.493 e. The van der Waals surface area contributed by atoms with Crippen molar-refractivity contribution in [3.05, 3.63) is 59.7 Å². The number of amides is 2. The van der Waals surface area contributed by atoms with Gasteiger partial charge in [0.1, 0.15) is 11.5 Å². The molecule has 0 radical (unpaired) electrons. The predicted octanol–water partition coefficient (Wildman–Crippen LogP) is 3.99. The first-order valence-corrected chi connectivity index (χ1v) is 11.5. The quantitative estimate of drug-likeness (QED) is 0.526. The summed E-state index contributed by atoms with van der Waals surface area (Å²) in [6.45, 7) is 7.48. The van der Waals surface area contributed by atoms with Crippen LogP contribution in [0.1, 0.15) is 36.8 Å². The molecule has 0 unspecified atom stereocenters. The van der Waals surface area contributed by atoms with E-state index in [1.165, 1.54) is 0 Å². The van der Waals surface area contributed by atoms with Gasteiger partial charge in [-0.2, -0.15) is 0 Å². The molecule has 1 aliphatic rings. The van der Waals surface area contributed by atoms with Gasteiger partial charge in [0.2, 0.25) is 11.8 Å². The number of carbonyl (C=O) groups excluding carboxylic acids is 2. The molecule has 0 aromatic heterocycles. The fourth-order valence-corrected chi connectivity index (χ4v) is 3.77. The molecule has 6 nitrogen and oxygen atoms in total. The topological polar surface area (TPSA) is 59.1 Å². The summed E-state index contributed by atoms with van der Waals surface area (Å²) < 4.78 is 11.5. The number of benzene rings is 2. The van der Waals surface area contributed by atoms with Gasteiger partial charge in [-0.1, -0.05) is 36.4 Å². The van der Waals surface area contributed by atoms with Gasteiger partial charge in [0.05, 0.1) is 13.2 Å². The van der Waals surface area contributed by atoms with E-state index in [1.807, 2.05) is 72.2 Å². The molecule has 0 saturated carbocycles. The van der Waals surface area contributed by atoms with E-state index in [2.05, 4.69) is 0 Å². The first kappa shape index (κ1) is 23.6. The lowest BCUT2D eigenvalue weighted by Gasteiger charge is -2.35. The van der Waals surface area contributed by atoms with Crippen LogP contribution in [-0.4, -0.2) is 61.0 Å². The minimum absolute atomic E-state index is 0.136. The number of ether oxygens (including phenoxy) is 2. The monoisotopic (exact) mass is 438 g/mol. The fourth-order valence-electron chi connectivity index (χ4n) is 3.77. The Balaban J connectivity index is 1.28. The lowest BCUT2D eigenvalue weighted by atomic mass is 10.2. The Kier molecular flexibility index (Phi) is 8.96. The van der Waals surface area contributed by atoms with Gasteiger partial charge in [-0.3, -0.25) is 9.59 Å². The maximum atomic E-state index is 12.5. The van der Waals surface area contributed by atoms with Crippen molar-refractivity contribution in [1.29, 1.82) is 0 Å². The molecular formula is C26H34N2O4. The van der Waals surface area contributed by atoms with Crippen LogP contribution in [0.15, 0.2) is 48.5 Å².